The number of anilines is 1. The fourth-order valence-electron chi connectivity index (χ4n) is 4.22. The lowest BCUT2D eigenvalue weighted by Gasteiger charge is -2.30. The number of nitrogens with zero attached hydrogens (tertiary/aromatic N) is 3. The summed E-state index contributed by atoms with van der Waals surface area (Å²) >= 11 is 0. The highest BCUT2D eigenvalue weighted by Gasteiger charge is 2.32. The van der Waals surface area contributed by atoms with Crippen molar-refractivity contribution in [2.45, 2.75) is 38.1 Å². The number of morpholine rings is 1. The number of pyridine rings is 1. The van der Waals surface area contributed by atoms with Crippen LogP contribution in [0.25, 0.3) is 0 Å². The number of hydrogen-bond donors (Lipinski definition) is 1. The van der Waals surface area contributed by atoms with Gasteiger partial charge in [0.25, 0.3) is 0 Å². The monoisotopic (exact) mass is 472 g/mol. The molecule has 0 atom stereocenters. The van der Waals surface area contributed by atoms with Gasteiger partial charge in [-0.3, -0.25) is 4.79 Å². The Morgan fingerprint density at radius 3 is 2.42 bits per heavy atom. The normalized spacial score (nSPS) is 18.3. The molecule has 33 heavy (non-hydrogen) atoms. The number of ether oxygens (including phenoxy) is 1. The maximum absolute atomic E-state index is 13.0. The third-order valence-electron chi connectivity index (χ3n) is 6.55. The first kappa shape index (κ1) is 23.7. The third-order valence-corrected chi connectivity index (χ3v) is 8.45. The summed E-state index contributed by atoms with van der Waals surface area (Å²) in [5.41, 5.74) is 2.96. The molecule has 0 bridgehead atoms. The van der Waals surface area contributed by atoms with E-state index in [0.717, 1.165) is 35.6 Å². The lowest BCUT2D eigenvalue weighted by atomic mass is 9.97. The molecule has 1 N–H and O–H groups in total. The number of rotatable bonds is 6. The van der Waals surface area contributed by atoms with Crippen LogP contribution in [0.5, 0.6) is 0 Å². The van der Waals surface area contributed by atoms with Crippen LogP contribution < -0.4 is 10.2 Å². The third kappa shape index (κ3) is 5.54. The highest BCUT2D eigenvalue weighted by molar-refractivity contribution is 7.89. The van der Waals surface area contributed by atoms with Gasteiger partial charge in [0, 0.05) is 44.8 Å². The van der Waals surface area contributed by atoms with Gasteiger partial charge in [-0.25, -0.2) is 13.4 Å². The predicted octanol–water partition coefficient (Wildman–Crippen LogP) is 2.25. The number of carbonyl (C=O) groups is 1. The van der Waals surface area contributed by atoms with Crippen LogP contribution in [0.2, 0.25) is 0 Å². The Kier molecular flexibility index (Phi) is 7.31. The minimum Gasteiger partial charge on any atom is -0.378 e. The number of sulfonamides is 1. The molecule has 2 saturated heterocycles. The highest BCUT2D eigenvalue weighted by atomic mass is 32.2. The molecule has 4 rings (SSSR count). The summed E-state index contributed by atoms with van der Waals surface area (Å²) < 4.78 is 32.8. The molecule has 178 valence electrons. The minimum absolute atomic E-state index is 0.0320. The molecule has 0 saturated carbocycles. The molecule has 2 aliphatic heterocycles. The van der Waals surface area contributed by atoms with E-state index in [1.165, 1.54) is 4.31 Å². The standard InChI is InChI=1S/C24H32N4O4S/c1-18-3-5-22(15-19(18)2)33(30,31)28-9-7-21(8-10-28)24(29)26-17-20-4-6-23(25-16-20)27-11-13-32-14-12-27/h3-6,15-16,21H,7-14,17H2,1-2H3,(H,26,29). The van der Waals surface area contributed by atoms with Crippen LogP contribution in [0.3, 0.4) is 0 Å². The van der Waals surface area contributed by atoms with Gasteiger partial charge in [-0.15, -0.1) is 0 Å². The Morgan fingerprint density at radius 2 is 1.79 bits per heavy atom. The van der Waals surface area contributed by atoms with Crippen LogP contribution in [0.1, 0.15) is 29.5 Å². The molecule has 2 fully saturated rings. The Balaban J connectivity index is 1.27. The zero-order valence-electron chi connectivity index (χ0n) is 19.3. The van der Waals surface area contributed by atoms with Crippen molar-refractivity contribution in [2.75, 3.05) is 44.3 Å². The molecule has 0 spiro atoms. The fourth-order valence-corrected chi connectivity index (χ4v) is 5.77. The average Bonchev–Trinajstić information content (AvgIpc) is 2.85. The molecule has 9 heteroatoms. The summed E-state index contributed by atoms with van der Waals surface area (Å²) in [7, 11) is -3.54. The van der Waals surface area contributed by atoms with Crippen molar-refractivity contribution in [3.8, 4) is 0 Å². The number of hydrogen-bond acceptors (Lipinski definition) is 6. The number of amides is 1. The van der Waals surface area contributed by atoms with E-state index in [9.17, 15) is 13.2 Å². The van der Waals surface area contributed by atoms with Crippen molar-refractivity contribution in [2.24, 2.45) is 5.92 Å². The van der Waals surface area contributed by atoms with Gasteiger partial charge >= 0.3 is 0 Å². The van der Waals surface area contributed by atoms with Gasteiger partial charge in [-0.05, 0) is 61.6 Å². The first-order valence-electron chi connectivity index (χ1n) is 11.5. The van der Waals surface area contributed by atoms with E-state index >= 15 is 0 Å². The maximum atomic E-state index is 13.0. The first-order chi connectivity index (χ1) is 15.8. The largest absolute Gasteiger partial charge is 0.378 e. The zero-order valence-corrected chi connectivity index (χ0v) is 20.1. The van der Waals surface area contributed by atoms with E-state index in [0.29, 0.717) is 50.6 Å². The second-order valence-corrected chi connectivity index (χ2v) is 10.7. The van der Waals surface area contributed by atoms with Crippen molar-refractivity contribution in [3.05, 3.63) is 53.2 Å². The van der Waals surface area contributed by atoms with Gasteiger partial charge in [0.15, 0.2) is 0 Å². The van der Waals surface area contributed by atoms with Gasteiger partial charge in [0.1, 0.15) is 5.82 Å². The molecule has 1 aromatic carbocycles. The van der Waals surface area contributed by atoms with E-state index in [4.69, 9.17) is 4.74 Å². The lowest BCUT2D eigenvalue weighted by molar-refractivity contribution is -0.126. The number of carbonyl (C=O) groups excluding carboxylic acids is 1. The van der Waals surface area contributed by atoms with E-state index < -0.39 is 10.0 Å². The summed E-state index contributed by atoms with van der Waals surface area (Å²) in [6.45, 7) is 8.08. The molecular formula is C24H32N4O4S. The van der Waals surface area contributed by atoms with Crippen LogP contribution in [-0.2, 0) is 26.1 Å². The average molecular weight is 473 g/mol. The number of nitrogens with one attached hydrogen (secondary N) is 1. The van der Waals surface area contributed by atoms with Crippen molar-refractivity contribution >= 4 is 21.7 Å². The number of aryl methyl sites for hydroxylation is 2. The van der Waals surface area contributed by atoms with E-state index in [2.05, 4.69) is 15.2 Å². The Labute approximate surface area is 196 Å². The Hall–Kier alpha value is -2.49. The van der Waals surface area contributed by atoms with Crippen LogP contribution in [0.4, 0.5) is 5.82 Å². The quantitative estimate of drug-likeness (QED) is 0.693. The summed E-state index contributed by atoms with van der Waals surface area (Å²) in [5.74, 6) is 0.706. The molecule has 1 aromatic heterocycles. The van der Waals surface area contributed by atoms with Gasteiger partial charge in [0.05, 0.1) is 18.1 Å². The lowest BCUT2D eigenvalue weighted by Crippen LogP contribution is -2.42. The number of benzene rings is 1. The molecular weight excluding hydrogens is 440 g/mol. The van der Waals surface area contributed by atoms with Crippen molar-refractivity contribution in [3.63, 3.8) is 0 Å². The first-order valence-corrected chi connectivity index (χ1v) is 12.9. The van der Waals surface area contributed by atoms with Crippen LogP contribution >= 0.6 is 0 Å². The molecule has 0 radical (unpaired) electrons. The van der Waals surface area contributed by atoms with E-state index in [-0.39, 0.29) is 11.8 Å². The summed E-state index contributed by atoms with van der Waals surface area (Å²) in [4.78, 5) is 19.7. The van der Waals surface area contributed by atoms with Crippen LogP contribution in [0, 0.1) is 19.8 Å². The molecule has 3 heterocycles. The molecule has 2 aromatic rings. The van der Waals surface area contributed by atoms with Crippen molar-refractivity contribution < 1.29 is 17.9 Å². The summed E-state index contributed by atoms with van der Waals surface area (Å²) in [6.07, 6.45) is 2.83. The number of aromatic nitrogens is 1. The van der Waals surface area contributed by atoms with Gasteiger partial charge in [0.2, 0.25) is 15.9 Å². The maximum Gasteiger partial charge on any atom is 0.243 e. The summed E-state index contributed by atoms with van der Waals surface area (Å²) in [5, 5.41) is 2.99. The van der Waals surface area contributed by atoms with Crippen molar-refractivity contribution in [1.82, 2.24) is 14.6 Å². The van der Waals surface area contributed by atoms with Crippen LogP contribution in [0.15, 0.2) is 41.4 Å². The number of piperidine rings is 1. The topological polar surface area (TPSA) is 91.8 Å². The highest BCUT2D eigenvalue weighted by Crippen LogP contribution is 2.25. The summed E-state index contributed by atoms with van der Waals surface area (Å²) in [6, 6.07) is 9.18. The zero-order chi connectivity index (χ0) is 23.4. The predicted molar refractivity (Wildman–Crippen MR) is 127 cm³/mol. The van der Waals surface area contributed by atoms with Gasteiger partial charge in [-0.1, -0.05) is 12.1 Å². The smallest absolute Gasteiger partial charge is 0.243 e. The molecule has 0 unspecified atom stereocenters. The Morgan fingerprint density at radius 1 is 1.06 bits per heavy atom. The molecule has 1 amide bonds. The molecule has 0 aliphatic carbocycles. The second-order valence-electron chi connectivity index (χ2n) is 8.77. The van der Waals surface area contributed by atoms with Gasteiger partial charge < -0.3 is 15.0 Å². The Bertz CT molecular complexity index is 1070. The van der Waals surface area contributed by atoms with Crippen molar-refractivity contribution in [1.29, 1.82) is 0 Å². The van der Waals surface area contributed by atoms with E-state index in [1.54, 1.807) is 18.3 Å². The van der Waals surface area contributed by atoms with Gasteiger partial charge in [-0.2, -0.15) is 4.31 Å². The molecule has 8 nitrogen and oxygen atoms in total. The van der Waals surface area contributed by atoms with Crippen LogP contribution in [-0.4, -0.2) is 63.0 Å². The second kappa shape index (κ2) is 10.2. The minimum atomic E-state index is -3.54. The van der Waals surface area contributed by atoms with E-state index in [1.807, 2.05) is 32.0 Å². The molecule has 2 aliphatic rings. The SMILES string of the molecule is Cc1ccc(S(=O)(=O)N2CCC(C(=O)NCc3ccc(N4CCOCC4)nc3)CC2)cc1C. The fraction of sp³-hybridized carbons (Fsp3) is 0.500.